The van der Waals surface area contributed by atoms with Gasteiger partial charge >= 0.3 is 13.8 Å². The lowest BCUT2D eigenvalue weighted by Crippen LogP contribution is -2.37. The summed E-state index contributed by atoms with van der Waals surface area (Å²) in [4.78, 5) is 21.5. The van der Waals surface area contributed by atoms with Crippen molar-refractivity contribution in [3.63, 3.8) is 0 Å². The van der Waals surface area contributed by atoms with E-state index in [0.717, 1.165) is 12.8 Å². The first kappa shape index (κ1) is 33.5. The molecule has 0 aliphatic carbocycles. The number of likely N-dealkylation sites (N-methyl/N-ethyl adjacent to an activating group) is 1. The number of phosphoric acid groups is 1. The van der Waals surface area contributed by atoms with Gasteiger partial charge in [0.15, 0.2) is 6.29 Å². The van der Waals surface area contributed by atoms with E-state index in [-0.39, 0.29) is 25.8 Å². The first-order valence-corrected chi connectivity index (χ1v) is 14.8. The second-order valence-electron chi connectivity index (χ2n) is 10.1. The molecule has 0 aliphatic rings. The molecule has 34 heavy (non-hydrogen) atoms. The predicted molar refractivity (Wildman–Crippen MR) is 136 cm³/mol. The monoisotopic (exact) mass is 510 g/mol. The van der Waals surface area contributed by atoms with Crippen molar-refractivity contribution >= 4 is 13.8 Å². The van der Waals surface area contributed by atoms with Crippen molar-refractivity contribution in [1.82, 2.24) is 0 Å². The van der Waals surface area contributed by atoms with E-state index in [9.17, 15) is 14.3 Å². The van der Waals surface area contributed by atoms with Crippen LogP contribution in [0.15, 0.2) is 0 Å². The van der Waals surface area contributed by atoms with Crippen LogP contribution in [0.5, 0.6) is 0 Å². The molecule has 0 bridgehead atoms. The number of ether oxygens (including phenoxy) is 2. The van der Waals surface area contributed by atoms with Gasteiger partial charge in [-0.3, -0.25) is 13.8 Å². The molecule has 1 N–H and O–H groups in total. The van der Waals surface area contributed by atoms with Crippen molar-refractivity contribution in [1.29, 1.82) is 0 Å². The van der Waals surface area contributed by atoms with Gasteiger partial charge in [-0.1, -0.05) is 84.0 Å². The van der Waals surface area contributed by atoms with Crippen LogP contribution in [0.3, 0.4) is 0 Å². The Bertz CT molecular complexity index is 540. The van der Waals surface area contributed by atoms with Gasteiger partial charge in [-0.25, -0.2) is 4.57 Å². The van der Waals surface area contributed by atoms with Gasteiger partial charge in [0.2, 0.25) is 0 Å². The molecule has 2 unspecified atom stereocenters. The zero-order chi connectivity index (χ0) is 25.7. The molecule has 0 radical (unpaired) electrons. The van der Waals surface area contributed by atoms with Crippen molar-refractivity contribution < 1.29 is 37.3 Å². The molecule has 0 fully saturated rings. The molecule has 0 rings (SSSR count). The number of quaternary nitrogens is 1. The van der Waals surface area contributed by atoms with Gasteiger partial charge in [0.25, 0.3) is 0 Å². The molecule has 0 saturated heterocycles. The minimum Gasteiger partial charge on any atom is -0.463 e. The summed E-state index contributed by atoms with van der Waals surface area (Å²) in [5, 5.41) is 0. The van der Waals surface area contributed by atoms with Crippen LogP contribution in [0, 0.1) is 0 Å². The summed E-state index contributed by atoms with van der Waals surface area (Å²) < 4.78 is 32.8. The summed E-state index contributed by atoms with van der Waals surface area (Å²) in [5.41, 5.74) is 0. The van der Waals surface area contributed by atoms with Crippen molar-refractivity contribution in [3.8, 4) is 0 Å². The number of esters is 1. The number of hydrogen-bond donors (Lipinski definition) is 1. The van der Waals surface area contributed by atoms with Crippen LogP contribution in [-0.2, 0) is 27.9 Å². The Morgan fingerprint density at radius 2 is 1.32 bits per heavy atom. The zero-order valence-electron chi connectivity index (χ0n) is 22.6. The lowest BCUT2D eigenvalue weighted by molar-refractivity contribution is -0.870. The van der Waals surface area contributed by atoms with E-state index in [2.05, 4.69) is 6.92 Å². The molecule has 0 aliphatic heterocycles. The fourth-order valence-corrected chi connectivity index (χ4v) is 4.22. The lowest BCUT2D eigenvalue weighted by atomic mass is 10.0. The largest absolute Gasteiger partial charge is 0.474 e. The average molecular weight is 511 g/mol. The third-order valence-corrected chi connectivity index (χ3v) is 6.55. The van der Waals surface area contributed by atoms with Gasteiger partial charge in [-0.2, -0.15) is 0 Å². The Kier molecular flexibility index (Phi) is 20.4. The topological polar surface area (TPSA) is 91.3 Å². The second-order valence-corrected chi connectivity index (χ2v) is 11.5. The van der Waals surface area contributed by atoms with Gasteiger partial charge in [-0.05, 0) is 13.3 Å². The van der Waals surface area contributed by atoms with Gasteiger partial charge in [-0.15, -0.1) is 0 Å². The number of phosphoric ester groups is 1. The Morgan fingerprint density at radius 3 is 1.82 bits per heavy atom. The normalized spacial score (nSPS) is 14.6. The number of nitrogens with zero attached hydrogens (tertiary/aromatic N) is 1. The number of carbonyl (C=O) groups excluding carboxylic acids is 1. The maximum Gasteiger partial charge on any atom is 0.474 e. The van der Waals surface area contributed by atoms with E-state index in [0.29, 0.717) is 17.4 Å². The van der Waals surface area contributed by atoms with E-state index in [1.807, 2.05) is 21.1 Å². The van der Waals surface area contributed by atoms with Crippen LogP contribution in [0.25, 0.3) is 0 Å². The molecule has 0 saturated carbocycles. The maximum atomic E-state index is 11.9. The number of carbonyl (C=O) groups is 1. The SMILES string of the molecule is CCCCCCCCCCCCCCCC(=O)OCCOC(C)OP(=O)(O)OCC[N+](C)(C)C. The number of rotatable bonds is 24. The highest BCUT2D eigenvalue weighted by atomic mass is 31.2. The number of unbranched alkanes of at least 4 members (excludes halogenated alkanes) is 12. The fraction of sp³-hybridized carbons (Fsp3) is 0.960. The van der Waals surface area contributed by atoms with Gasteiger partial charge < -0.3 is 18.9 Å². The minimum absolute atomic E-state index is 0.0864. The average Bonchev–Trinajstić information content (AvgIpc) is 2.73. The van der Waals surface area contributed by atoms with Crippen molar-refractivity contribution in [2.45, 2.75) is 110 Å². The molecule has 9 heteroatoms. The first-order valence-electron chi connectivity index (χ1n) is 13.3. The van der Waals surface area contributed by atoms with Crippen LogP contribution in [0.4, 0.5) is 0 Å². The quantitative estimate of drug-likeness (QED) is 0.0542. The smallest absolute Gasteiger partial charge is 0.463 e. The van der Waals surface area contributed by atoms with E-state index in [4.69, 9.17) is 18.5 Å². The fourth-order valence-electron chi connectivity index (χ4n) is 3.41. The molecular weight excluding hydrogens is 457 g/mol. The molecule has 8 nitrogen and oxygen atoms in total. The lowest BCUT2D eigenvalue weighted by Gasteiger charge is -2.24. The van der Waals surface area contributed by atoms with E-state index < -0.39 is 14.1 Å². The highest BCUT2D eigenvalue weighted by Crippen LogP contribution is 2.44. The predicted octanol–water partition coefficient (Wildman–Crippen LogP) is 6.21. The number of hydrogen-bond acceptors (Lipinski definition) is 6. The summed E-state index contributed by atoms with van der Waals surface area (Å²) in [6, 6.07) is 0. The van der Waals surface area contributed by atoms with Crippen LogP contribution < -0.4 is 0 Å². The Morgan fingerprint density at radius 1 is 0.824 bits per heavy atom. The summed E-state index contributed by atoms with van der Waals surface area (Å²) in [5.74, 6) is -0.239. The van der Waals surface area contributed by atoms with Crippen LogP contribution in [0.2, 0.25) is 0 Å². The van der Waals surface area contributed by atoms with Crippen LogP contribution in [0.1, 0.15) is 104 Å². The molecule has 204 valence electrons. The highest BCUT2D eigenvalue weighted by Gasteiger charge is 2.26. The molecule has 0 amide bonds. The molecule has 0 aromatic heterocycles. The van der Waals surface area contributed by atoms with Gasteiger partial charge in [0, 0.05) is 6.42 Å². The summed E-state index contributed by atoms with van der Waals surface area (Å²) >= 11 is 0. The van der Waals surface area contributed by atoms with E-state index in [1.54, 1.807) is 0 Å². The van der Waals surface area contributed by atoms with Crippen molar-refractivity contribution in [3.05, 3.63) is 0 Å². The molecule has 0 aromatic rings. The minimum atomic E-state index is -4.18. The zero-order valence-corrected chi connectivity index (χ0v) is 23.5. The highest BCUT2D eigenvalue weighted by molar-refractivity contribution is 7.47. The van der Waals surface area contributed by atoms with Crippen molar-refractivity contribution in [2.24, 2.45) is 0 Å². The Labute approximate surface area is 208 Å². The molecule has 2 atom stereocenters. The maximum absolute atomic E-state index is 11.9. The van der Waals surface area contributed by atoms with Crippen LogP contribution >= 0.6 is 7.82 Å². The Hall–Kier alpha value is -0.500. The first-order chi connectivity index (χ1) is 16.1. The molecule has 0 spiro atoms. The summed E-state index contributed by atoms with van der Waals surface area (Å²) in [6.45, 7) is 4.59. The third kappa shape index (κ3) is 24.6. The van der Waals surface area contributed by atoms with Gasteiger partial charge in [0.1, 0.15) is 19.8 Å². The summed E-state index contributed by atoms with van der Waals surface area (Å²) in [6.07, 6.45) is 15.9. The molecule has 0 heterocycles. The van der Waals surface area contributed by atoms with Crippen molar-refractivity contribution in [2.75, 3.05) is 47.5 Å². The Balaban J connectivity index is 3.54. The van der Waals surface area contributed by atoms with Gasteiger partial charge in [0.05, 0.1) is 27.7 Å². The standard InChI is InChI=1S/C25H52NO7P/c1-6-7-8-9-10-11-12-13-14-15-16-17-18-19-25(27)31-23-22-30-24(2)33-34(28,29)32-21-20-26(3,4)5/h24H,6-23H2,1-5H3/p+1. The molecular formula is C25H53NO7P+. The second kappa shape index (κ2) is 20.7. The summed E-state index contributed by atoms with van der Waals surface area (Å²) in [7, 11) is 1.69. The van der Waals surface area contributed by atoms with Crippen LogP contribution in [-0.4, -0.2) is 69.1 Å². The molecule has 0 aromatic carbocycles. The third-order valence-electron chi connectivity index (χ3n) is 5.48. The van der Waals surface area contributed by atoms with E-state index >= 15 is 0 Å². The van der Waals surface area contributed by atoms with E-state index in [1.165, 1.54) is 77.6 Å².